The lowest BCUT2D eigenvalue weighted by molar-refractivity contribution is 0.0696. The first-order chi connectivity index (χ1) is 25.6. The van der Waals surface area contributed by atoms with Crippen LogP contribution in [0.15, 0.2) is 109 Å². The number of hydrogen-bond acceptors (Lipinski definition) is 17. The SMILES string of the molecule is Nc1ccc(N=Nc2cc(OCCO)c(N=Nc3c(S(O)(O)O)cc4ccc(Nc5ccc(C(=O)O)cc5)cc4c3O)cc2OCCO)c(S(=O)(=O)O)c1. The van der Waals surface area contributed by atoms with E-state index < -0.39 is 61.4 Å². The van der Waals surface area contributed by atoms with Crippen molar-refractivity contribution in [3.05, 3.63) is 84.4 Å². The van der Waals surface area contributed by atoms with Gasteiger partial charge in [-0.1, -0.05) is 6.07 Å². The molecule has 21 heteroatoms. The molecule has 0 aliphatic rings. The summed E-state index contributed by atoms with van der Waals surface area (Å²) in [4.78, 5) is 9.99. The zero-order valence-electron chi connectivity index (χ0n) is 27.6. The van der Waals surface area contributed by atoms with Gasteiger partial charge in [0.15, 0.2) is 5.75 Å². The molecule has 5 aromatic rings. The van der Waals surface area contributed by atoms with E-state index in [4.69, 9.17) is 20.3 Å². The van der Waals surface area contributed by atoms with Gasteiger partial charge in [-0.25, -0.2) is 4.79 Å². The zero-order chi connectivity index (χ0) is 39.2. The second-order valence-corrected chi connectivity index (χ2v) is 13.9. The van der Waals surface area contributed by atoms with Gasteiger partial charge in [0.1, 0.15) is 63.2 Å². The summed E-state index contributed by atoms with van der Waals surface area (Å²) in [5, 5.41) is 58.9. The molecule has 0 heterocycles. The van der Waals surface area contributed by atoms with Crippen LogP contribution in [0.5, 0.6) is 17.2 Å². The molecule has 284 valence electrons. The second-order valence-electron chi connectivity index (χ2n) is 11.1. The van der Waals surface area contributed by atoms with Crippen LogP contribution in [0.4, 0.5) is 39.8 Å². The predicted octanol–water partition coefficient (Wildman–Crippen LogP) is 6.97. The molecular weight excluding hydrogens is 753 g/mol. The molecule has 5 aromatic carbocycles. The number of nitrogen functional groups attached to an aromatic ring is 1. The number of aromatic carboxylic acids is 1. The van der Waals surface area contributed by atoms with E-state index in [1.54, 1.807) is 6.07 Å². The molecule has 0 aliphatic carbocycles. The number of benzene rings is 5. The van der Waals surface area contributed by atoms with Crippen LogP contribution in [-0.4, -0.2) is 79.5 Å². The maximum absolute atomic E-state index is 11.9. The van der Waals surface area contributed by atoms with Crippen molar-refractivity contribution in [2.45, 2.75) is 9.79 Å². The summed E-state index contributed by atoms with van der Waals surface area (Å²) in [5.41, 5.74) is 5.60. The number of rotatable bonds is 15. The summed E-state index contributed by atoms with van der Waals surface area (Å²) in [7, 11) is -9.28. The zero-order valence-corrected chi connectivity index (χ0v) is 29.3. The lowest BCUT2D eigenvalue weighted by atomic mass is 10.1. The van der Waals surface area contributed by atoms with Gasteiger partial charge in [-0.05, 0) is 66.0 Å². The van der Waals surface area contributed by atoms with E-state index in [1.165, 1.54) is 66.7 Å². The number of hydrogen-bond donors (Lipinski definition) is 10. The molecule has 0 unspecified atom stereocenters. The number of aliphatic hydroxyl groups excluding tert-OH is 2. The minimum Gasteiger partial charge on any atom is -0.505 e. The van der Waals surface area contributed by atoms with Crippen LogP contribution < -0.4 is 20.5 Å². The van der Waals surface area contributed by atoms with Crippen molar-refractivity contribution in [1.29, 1.82) is 0 Å². The van der Waals surface area contributed by atoms with Gasteiger partial charge in [-0.15, -0.1) is 20.5 Å². The molecule has 0 amide bonds. The third kappa shape index (κ3) is 9.35. The third-order valence-electron chi connectivity index (χ3n) is 7.29. The number of anilines is 3. The van der Waals surface area contributed by atoms with Crippen molar-refractivity contribution < 1.29 is 61.3 Å². The number of phenolic OH excluding ortho intramolecular Hbond substituents is 1. The van der Waals surface area contributed by atoms with Crippen molar-refractivity contribution in [3.8, 4) is 17.2 Å². The molecular formula is C33H32N6O13S2. The molecule has 0 saturated carbocycles. The summed E-state index contributed by atoms with van der Waals surface area (Å²) in [6.45, 7) is -1.46. The molecule has 0 aromatic heterocycles. The molecule has 0 radical (unpaired) electrons. The Hall–Kier alpha value is -5.91. The fraction of sp³-hybridized carbons (Fsp3) is 0.121. The van der Waals surface area contributed by atoms with Gasteiger partial charge >= 0.3 is 5.97 Å². The number of carbonyl (C=O) groups is 1. The van der Waals surface area contributed by atoms with Crippen LogP contribution in [0.2, 0.25) is 0 Å². The molecule has 5 rings (SSSR count). The Balaban J connectivity index is 1.60. The third-order valence-corrected chi connectivity index (χ3v) is 9.08. The van der Waals surface area contributed by atoms with Crippen molar-refractivity contribution >= 4 is 77.5 Å². The summed E-state index contributed by atoms with van der Waals surface area (Å²) in [6, 6.07) is 17.6. The number of phenols is 1. The van der Waals surface area contributed by atoms with Gasteiger partial charge in [0, 0.05) is 34.6 Å². The number of nitrogens with zero attached hydrogens (tertiary/aromatic N) is 4. The Bertz CT molecular complexity index is 2370. The predicted molar refractivity (Wildman–Crippen MR) is 197 cm³/mol. The highest BCUT2D eigenvalue weighted by Gasteiger charge is 2.26. The van der Waals surface area contributed by atoms with E-state index >= 15 is 0 Å². The van der Waals surface area contributed by atoms with E-state index in [0.29, 0.717) is 11.4 Å². The number of fused-ring (bicyclic) bond motifs is 1. The van der Waals surface area contributed by atoms with Gasteiger partial charge < -0.3 is 54.6 Å². The molecule has 0 spiro atoms. The molecule has 0 fully saturated rings. The fourth-order valence-corrected chi connectivity index (χ4v) is 6.20. The summed E-state index contributed by atoms with van der Waals surface area (Å²) < 4.78 is 75.6. The Kier molecular flexibility index (Phi) is 11.9. The lowest BCUT2D eigenvalue weighted by Crippen LogP contribution is -2.04. The normalized spacial score (nSPS) is 12.4. The van der Waals surface area contributed by atoms with Gasteiger partial charge in [0.2, 0.25) is 0 Å². The van der Waals surface area contributed by atoms with Crippen LogP contribution in [-0.2, 0) is 10.1 Å². The second kappa shape index (κ2) is 16.4. The van der Waals surface area contributed by atoms with Crippen molar-refractivity contribution in [3.63, 3.8) is 0 Å². The maximum atomic E-state index is 11.9. The maximum Gasteiger partial charge on any atom is 0.335 e. The van der Waals surface area contributed by atoms with E-state index in [-0.39, 0.29) is 63.8 Å². The van der Waals surface area contributed by atoms with Crippen LogP contribution in [0.3, 0.4) is 0 Å². The molecule has 0 aliphatic heterocycles. The molecule has 11 N–H and O–H groups in total. The first kappa shape index (κ1) is 39.3. The first-order valence-electron chi connectivity index (χ1n) is 15.4. The standard InChI is InChI=1S/C33H32N6O13S2/c34-20-4-8-24(29(14-20)53(45,46)47)36-37-25-16-28(52-12-10-41)26(17-27(25)51-11-9-40)38-39-31-30(54(48,49)50)13-19-3-7-22(15-23(19)32(31)42)35-21-5-1-18(2-6-21)33(43)44/h1-8,13-17,35,40-42,48-50H,9-12,34H2,(H,43,44)(H,45,46,47). The minimum absolute atomic E-state index is 0.0212. The highest BCUT2D eigenvalue weighted by atomic mass is 32.3. The molecule has 0 saturated heterocycles. The van der Waals surface area contributed by atoms with Crippen LogP contribution in [0.1, 0.15) is 10.4 Å². The summed E-state index contributed by atoms with van der Waals surface area (Å²) >= 11 is 0. The number of nitrogens with one attached hydrogen (secondary N) is 1. The molecule has 0 atom stereocenters. The fourth-order valence-electron chi connectivity index (χ4n) is 4.86. The van der Waals surface area contributed by atoms with Crippen molar-refractivity contribution in [2.75, 3.05) is 37.5 Å². The highest BCUT2D eigenvalue weighted by molar-refractivity contribution is 8.19. The van der Waals surface area contributed by atoms with Gasteiger partial charge in [0.25, 0.3) is 10.1 Å². The van der Waals surface area contributed by atoms with Crippen molar-refractivity contribution in [1.82, 2.24) is 0 Å². The number of ether oxygens (including phenoxy) is 2. The summed E-state index contributed by atoms with van der Waals surface area (Å²) in [6.07, 6.45) is 0. The average Bonchev–Trinajstić information content (AvgIpc) is 3.12. The number of carboxylic acids is 1. The smallest absolute Gasteiger partial charge is 0.335 e. The largest absolute Gasteiger partial charge is 0.505 e. The quantitative estimate of drug-likeness (QED) is 0.0291. The average molecular weight is 785 g/mol. The lowest BCUT2D eigenvalue weighted by Gasteiger charge is -2.22. The Morgan fingerprint density at radius 2 is 1.28 bits per heavy atom. The summed E-state index contributed by atoms with van der Waals surface area (Å²) in [5.74, 6) is -1.95. The Morgan fingerprint density at radius 3 is 1.83 bits per heavy atom. The molecule has 19 nitrogen and oxygen atoms in total. The van der Waals surface area contributed by atoms with Crippen LogP contribution >= 0.6 is 10.9 Å². The number of azo groups is 2. The van der Waals surface area contributed by atoms with E-state index in [1.807, 2.05) is 0 Å². The van der Waals surface area contributed by atoms with Crippen LogP contribution in [0.25, 0.3) is 10.8 Å². The van der Waals surface area contributed by atoms with E-state index in [2.05, 4.69) is 25.8 Å². The first-order valence-corrected chi connectivity index (χ1v) is 18.3. The Morgan fingerprint density at radius 1 is 0.704 bits per heavy atom. The number of carboxylic acid groups (broad SMARTS) is 1. The van der Waals surface area contributed by atoms with Gasteiger partial charge in [-0.3, -0.25) is 4.55 Å². The van der Waals surface area contributed by atoms with Crippen molar-refractivity contribution in [2.24, 2.45) is 20.5 Å². The van der Waals surface area contributed by atoms with E-state index in [9.17, 15) is 46.7 Å². The number of aromatic hydroxyl groups is 1. The number of aliphatic hydroxyl groups is 2. The monoisotopic (exact) mass is 784 g/mol. The molecule has 54 heavy (non-hydrogen) atoms. The number of nitrogens with two attached hydrogens (primary N) is 1. The topological polar surface area (TPSA) is 319 Å². The van der Waals surface area contributed by atoms with E-state index in [0.717, 1.165) is 6.07 Å². The van der Waals surface area contributed by atoms with Gasteiger partial charge in [0.05, 0.1) is 23.7 Å². The minimum atomic E-state index is -4.77. The van der Waals surface area contributed by atoms with Gasteiger partial charge in [-0.2, -0.15) is 8.42 Å². The highest BCUT2D eigenvalue weighted by Crippen LogP contribution is 2.55. The van der Waals surface area contributed by atoms with Crippen LogP contribution in [0, 0.1) is 0 Å². The Labute approximate surface area is 307 Å². The molecule has 0 bridgehead atoms.